The highest BCUT2D eigenvalue weighted by Crippen LogP contribution is 2.56. The molecule has 1 fully saturated rings. The second kappa shape index (κ2) is 11.5. The Hall–Kier alpha value is -3.12. The number of carbonyl (C=O) groups is 1. The summed E-state index contributed by atoms with van der Waals surface area (Å²) in [6, 6.07) is 14.6. The van der Waals surface area contributed by atoms with Crippen molar-refractivity contribution in [3.8, 4) is 5.75 Å². The van der Waals surface area contributed by atoms with Crippen LogP contribution < -0.4 is 10.1 Å². The van der Waals surface area contributed by atoms with Crippen molar-refractivity contribution in [2.75, 3.05) is 11.9 Å². The zero-order valence-electron chi connectivity index (χ0n) is 24.5. The molecule has 6 rings (SSSR count). The van der Waals surface area contributed by atoms with Gasteiger partial charge in [-0.3, -0.25) is 4.98 Å². The van der Waals surface area contributed by atoms with E-state index in [0.717, 1.165) is 48.3 Å². The highest BCUT2D eigenvalue weighted by atomic mass is 35.5. The molecule has 3 aromatic rings. The van der Waals surface area contributed by atoms with Crippen LogP contribution in [0.4, 0.5) is 10.1 Å². The molecular weight excluding hydrogens is 551 g/mol. The zero-order valence-corrected chi connectivity index (χ0v) is 25.2. The Kier molecular flexibility index (Phi) is 7.95. The van der Waals surface area contributed by atoms with Gasteiger partial charge in [0.25, 0.3) is 0 Å². The van der Waals surface area contributed by atoms with Crippen molar-refractivity contribution in [3.63, 3.8) is 0 Å². The molecule has 42 heavy (non-hydrogen) atoms. The molecule has 3 atom stereocenters. The van der Waals surface area contributed by atoms with Crippen LogP contribution in [0.5, 0.6) is 5.75 Å². The third kappa shape index (κ3) is 5.27. The fourth-order valence-corrected chi connectivity index (χ4v) is 8.33. The van der Waals surface area contributed by atoms with Crippen LogP contribution in [0.3, 0.4) is 0 Å². The molecule has 3 aliphatic carbocycles. The van der Waals surface area contributed by atoms with E-state index in [0.29, 0.717) is 48.9 Å². The number of pyridine rings is 1. The summed E-state index contributed by atoms with van der Waals surface area (Å²) in [4.78, 5) is 17.3. The predicted molar refractivity (Wildman–Crippen MR) is 164 cm³/mol. The third-order valence-corrected chi connectivity index (χ3v) is 10.5. The van der Waals surface area contributed by atoms with Gasteiger partial charge in [0, 0.05) is 33.6 Å². The van der Waals surface area contributed by atoms with Gasteiger partial charge >= 0.3 is 5.97 Å². The molecule has 2 aromatic carbocycles. The topological polar surface area (TPSA) is 71.5 Å². The van der Waals surface area contributed by atoms with Gasteiger partial charge in [0.2, 0.25) is 0 Å². The van der Waals surface area contributed by atoms with E-state index in [4.69, 9.17) is 16.3 Å². The fourth-order valence-electron chi connectivity index (χ4n) is 8.14. The molecular formula is C35H40ClFN2O3. The number of rotatable bonds is 8. The molecule has 1 spiro atoms. The molecule has 0 saturated heterocycles. The third-order valence-electron chi connectivity index (χ3n) is 10.2. The molecule has 0 amide bonds. The molecule has 1 saturated carbocycles. The molecule has 5 nitrogen and oxygen atoms in total. The predicted octanol–water partition coefficient (Wildman–Crippen LogP) is 8.34. The van der Waals surface area contributed by atoms with Crippen molar-refractivity contribution in [1.82, 2.24) is 4.98 Å². The zero-order chi connectivity index (χ0) is 29.5. The Morgan fingerprint density at radius 1 is 1.19 bits per heavy atom. The Balaban J connectivity index is 1.21. The van der Waals surface area contributed by atoms with Crippen LogP contribution in [0.15, 0.2) is 54.7 Å². The van der Waals surface area contributed by atoms with E-state index in [2.05, 4.69) is 30.2 Å². The van der Waals surface area contributed by atoms with Gasteiger partial charge in [-0.05, 0) is 117 Å². The summed E-state index contributed by atoms with van der Waals surface area (Å²) in [5.41, 5.74) is 3.46. The average Bonchev–Trinajstić information content (AvgIpc) is 3.26. The molecule has 7 heteroatoms. The number of nitrogens with one attached hydrogen (secondary N) is 1. The largest absolute Gasteiger partial charge is 0.493 e. The van der Waals surface area contributed by atoms with Crippen LogP contribution in [0, 0.1) is 17.7 Å². The number of aromatic nitrogens is 1. The number of fused-ring (bicyclic) bond motifs is 3. The van der Waals surface area contributed by atoms with Gasteiger partial charge in [-0.15, -0.1) is 0 Å². The van der Waals surface area contributed by atoms with Crippen molar-refractivity contribution in [3.05, 3.63) is 88.0 Å². The standard InChI is InChI=1S/C35H40ClFN2O3/c1-22(21-42-30-12-17-38-29-11-3-6-23(2)31(29)30)18-25-19-24-7-4-10-28(37)32(24)34(25)13-15-35(16-14-34,33(40)41)39-27-9-5-8-26(36)20-27/h4-5,7-10,12,17,20,22-23,25,39H,3,6,11,13-16,18-19,21H2,1-2H3,(H,40,41)/t22-,23-,25?,34?,35?/m1/s1. The van der Waals surface area contributed by atoms with E-state index in [9.17, 15) is 9.90 Å². The van der Waals surface area contributed by atoms with Crippen LogP contribution in [-0.4, -0.2) is 28.2 Å². The minimum absolute atomic E-state index is 0.165. The summed E-state index contributed by atoms with van der Waals surface area (Å²) in [5, 5.41) is 14.3. The SMILES string of the molecule is C[C@@H](COc1ccnc2c1[C@H](C)CCC2)CC1Cc2cccc(F)c2C12CCC(Nc1cccc(Cl)c1)(C(=O)O)CC2. The molecule has 1 unspecified atom stereocenters. The second-order valence-electron chi connectivity index (χ2n) is 13.0. The van der Waals surface area contributed by atoms with E-state index in [1.54, 1.807) is 24.3 Å². The van der Waals surface area contributed by atoms with Gasteiger partial charge < -0.3 is 15.2 Å². The van der Waals surface area contributed by atoms with Gasteiger partial charge in [0.15, 0.2) is 0 Å². The van der Waals surface area contributed by atoms with E-state index < -0.39 is 16.9 Å². The molecule has 1 heterocycles. The summed E-state index contributed by atoms with van der Waals surface area (Å²) in [6.45, 7) is 5.06. The highest BCUT2D eigenvalue weighted by Gasteiger charge is 2.55. The van der Waals surface area contributed by atoms with Gasteiger partial charge in [-0.2, -0.15) is 0 Å². The van der Waals surface area contributed by atoms with Crippen LogP contribution in [0.2, 0.25) is 5.02 Å². The number of carboxylic acids is 1. The second-order valence-corrected chi connectivity index (χ2v) is 13.4. The number of aliphatic carboxylic acids is 1. The molecule has 0 bridgehead atoms. The lowest BCUT2D eigenvalue weighted by Gasteiger charge is -2.47. The maximum atomic E-state index is 15.6. The Morgan fingerprint density at radius 3 is 2.74 bits per heavy atom. The van der Waals surface area contributed by atoms with E-state index >= 15 is 4.39 Å². The molecule has 222 valence electrons. The van der Waals surface area contributed by atoms with Crippen molar-refractivity contribution >= 4 is 23.3 Å². The number of carboxylic acid groups (broad SMARTS) is 1. The summed E-state index contributed by atoms with van der Waals surface area (Å²) in [6.07, 6.45) is 8.91. The molecule has 1 aromatic heterocycles. The summed E-state index contributed by atoms with van der Waals surface area (Å²) in [5.74, 6) is 0.819. The van der Waals surface area contributed by atoms with Gasteiger partial charge in [0.1, 0.15) is 17.1 Å². The lowest BCUT2D eigenvalue weighted by Crippen LogP contribution is -2.53. The smallest absolute Gasteiger partial charge is 0.329 e. The summed E-state index contributed by atoms with van der Waals surface area (Å²) >= 11 is 6.19. The highest BCUT2D eigenvalue weighted by molar-refractivity contribution is 6.30. The number of benzene rings is 2. The van der Waals surface area contributed by atoms with E-state index in [-0.39, 0.29) is 17.7 Å². The lowest BCUT2D eigenvalue weighted by molar-refractivity contribution is -0.144. The van der Waals surface area contributed by atoms with Crippen LogP contribution in [-0.2, 0) is 23.1 Å². The van der Waals surface area contributed by atoms with Crippen molar-refractivity contribution in [1.29, 1.82) is 0 Å². The first kappa shape index (κ1) is 29.0. The van der Waals surface area contributed by atoms with Gasteiger partial charge in [0.05, 0.1) is 6.61 Å². The summed E-state index contributed by atoms with van der Waals surface area (Å²) in [7, 11) is 0. The van der Waals surface area contributed by atoms with Gasteiger partial charge in [-0.1, -0.05) is 43.6 Å². The van der Waals surface area contributed by atoms with Crippen LogP contribution in [0.1, 0.15) is 87.1 Å². The average molecular weight is 591 g/mol. The first-order chi connectivity index (χ1) is 20.2. The first-order valence-corrected chi connectivity index (χ1v) is 15.7. The minimum atomic E-state index is -1.12. The number of hydrogen-bond donors (Lipinski definition) is 2. The number of anilines is 1. The Labute approximate surface area is 252 Å². The van der Waals surface area contributed by atoms with Crippen molar-refractivity contribution in [2.45, 2.75) is 88.5 Å². The van der Waals surface area contributed by atoms with Crippen molar-refractivity contribution < 1.29 is 19.0 Å². The van der Waals surface area contributed by atoms with E-state index in [1.807, 2.05) is 24.4 Å². The number of ether oxygens (including phenoxy) is 1. The Bertz CT molecular complexity index is 1470. The number of nitrogens with zero attached hydrogens (tertiary/aromatic N) is 1. The molecule has 3 aliphatic rings. The number of aryl methyl sites for hydroxylation is 1. The van der Waals surface area contributed by atoms with Gasteiger partial charge in [-0.25, -0.2) is 9.18 Å². The summed E-state index contributed by atoms with van der Waals surface area (Å²) < 4.78 is 22.0. The monoisotopic (exact) mass is 590 g/mol. The number of halogens is 2. The quantitative estimate of drug-likeness (QED) is 0.276. The molecule has 2 N–H and O–H groups in total. The van der Waals surface area contributed by atoms with Crippen LogP contribution >= 0.6 is 11.6 Å². The maximum Gasteiger partial charge on any atom is 0.329 e. The number of hydrogen-bond acceptors (Lipinski definition) is 4. The Morgan fingerprint density at radius 2 is 1.98 bits per heavy atom. The minimum Gasteiger partial charge on any atom is -0.493 e. The normalized spacial score (nSPS) is 27.2. The molecule has 0 aliphatic heterocycles. The molecule has 0 radical (unpaired) electrons. The maximum absolute atomic E-state index is 15.6. The van der Waals surface area contributed by atoms with Crippen LogP contribution in [0.25, 0.3) is 0 Å². The van der Waals surface area contributed by atoms with Crippen molar-refractivity contribution in [2.24, 2.45) is 11.8 Å². The lowest BCUT2D eigenvalue weighted by atomic mass is 9.59. The van der Waals surface area contributed by atoms with E-state index in [1.165, 1.54) is 12.0 Å². The fraction of sp³-hybridized carbons (Fsp3) is 0.486. The first-order valence-electron chi connectivity index (χ1n) is 15.4.